The molecule has 1 heterocycles. The quantitative estimate of drug-likeness (QED) is 0.609. The van der Waals surface area contributed by atoms with E-state index in [1.807, 2.05) is 31.2 Å². The van der Waals surface area contributed by atoms with E-state index in [0.717, 1.165) is 23.1 Å². The van der Waals surface area contributed by atoms with Crippen LogP contribution >= 0.6 is 11.8 Å². The Hall–Kier alpha value is -2.87. The number of aryl methyl sites for hydroxylation is 1. The third-order valence-corrected chi connectivity index (χ3v) is 4.43. The van der Waals surface area contributed by atoms with Crippen molar-refractivity contribution in [1.82, 2.24) is 10.2 Å². The molecule has 2 aromatic carbocycles. The van der Waals surface area contributed by atoms with Gasteiger partial charge in [0.25, 0.3) is 5.22 Å². The molecule has 140 valence electrons. The summed E-state index contributed by atoms with van der Waals surface area (Å²) >= 11 is 1.13. The highest BCUT2D eigenvalue weighted by Crippen LogP contribution is 2.25. The van der Waals surface area contributed by atoms with Crippen LogP contribution in [0.15, 0.2) is 52.1 Å². The molecule has 27 heavy (non-hydrogen) atoms. The summed E-state index contributed by atoms with van der Waals surface area (Å²) in [5, 5.41) is 11.0. The average Bonchev–Trinajstić information content (AvgIpc) is 3.12. The van der Waals surface area contributed by atoms with Crippen LogP contribution in [0, 0.1) is 12.7 Å². The molecule has 0 aliphatic heterocycles. The van der Waals surface area contributed by atoms with E-state index in [2.05, 4.69) is 15.5 Å². The minimum atomic E-state index is -0.340. The fourth-order valence-corrected chi connectivity index (χ4v) is 2.89. The summed E-state index contributed by atoms with van der Waals surface area (Å²) < 4.78 is 24.1. The molecule has 1 amide bonds. The van der Waals surface area contributed by atoms with Gasteiger partial charge in [-0.25, -0.2) is 4.39 Å². The van der Waals surface area contributed by atoms with Crippen molar-refractivity contribution in [2.45, 2.75) is 19.1 Å². The van der Waals surface area contributed by atoms with Crippen LogP contribution in [0.4, 0.5) is 10.1 Å². The fourth-order valence-electron chi connectivity index (χ4n) is 2.33. The van der Waals surface area contributed by atoms with Crippen LogP contribution in [-0.4, -0.2) is 28.5 Å². The molecular weight excluding hydrogens is 369 g/mol. The van der Waals surface area contributed by atoms with Crippen LogP contribution in [-0.2, 0) is 4.79 Å². The second-order valence-electron chi connectivity index (χ2n) is 5.63. The predicted octanol–water partition coefficient (Wildman–Crippen LogP) is 4.31. The maximum Gasteiger partial charge on any atom is 0.277 e. The van der Waals surface area contributed by atoms with Gasteiger partial charge in [-0.1, -0.05) is 11.8 Å². The number of amides is 1. The Labute approximate surface area is 160 Å². The van der Waals surface area contributed by atoms with Gasteiger partial charge in [-0.05, 0) is 61.9 Å². The van der Waals surface area contributed by atoms with Gasteiger partial charge in [0.1, 0.15) is 11.6 Å². The molecule has 0 spiro atoms. The molecule has 0 fully saturated rings. The Morgan fingerprint density at radius 1 is 1.22 bits per heavy atom. The van der Waals surface area contributed by atoms with Crippen LogP contribution in [0.1, 0.15) is 12.5 Å². The molecule has 0 saturated heterocycles. The molecule has 0 radical (unpaired) electrons. The average molecular weight is 387 g/mol. The SMILES string of the molecule is CCOc1ccc(-c2nnc(SCC(=O)Nc3ccc(F)cc3C)o2)cc1. The molecule has 3 aromatic rings. The van der Waals surface area contributed by atoms with E-state index in [4.69, 9.17) is 9.15 Å². The molecular formula is C19H18FN3O3S. The summed E-state index contributed by atoms with van der Waals surface area (Å²) in [7, 11) is 0. The van der Waals surface area contributed by atoms with E-state index < -0.39 is 0 Å². The van der Waals surface area contributed by atoms with Crippen molar-refractivity contribution in [1.29, 1.82) is 0 Å². The van der Waals surface area contributed by atoms with Gasteiger partial charge in [-0.15, -0.1) is 10.2 Å². The van der Waals surface area contributed by atoms with Gasteiger partial charge >= 0.3 is 0 Å². The van der Waals surface area contributed by atoms with Crippen LogP contribution in [0.5, 0.6) is 5.75 Å². The van der Waals surface area contributed by atoms with Crippen molar-refractivity contribution < 1.29 is 18.3 Å². The standard InChI is InChI=1S/C19H18FN3O3S/c1-3-25-15-7-4-13(5-8-15)18-22-23-19(26-18)27-11-17(24)21-16-9-6-14(20)10-12(16)2/h4-10H,3,11H2,1-2H3,(H,21,24). The first-order valence-corrected chi connectivity index (χ1v) is 9.29. The number of thioether (sulfide) groups is 1. The summed E-state index contributed by atoms with van der Waals surface area (Å²) in [5.41, 5.74) is 2.00. The van der Waals surface area contributed by atoms with Crippen molar-refractivity contribution in [2.75, 3.05) is 17.7 Å². The van der Waals surface area contributed by atoms with Gasteiger partial charge in [0, 0.05) is 11.3 Å². The number of rotatable bonds is 7. The summed E-state index contributed by atoms with van der Waals surface area (Å²) in [4.78, 5) is 12.1. The Kier molecular flexibility index (Phi) is 6.08. The molecule has 6 nitrogen and oxygen atoms in total. The van der Waals surface area contributed by atoms with Crippen LogP contribution in [0.25, 0.3) is 11.5 Å². The number of ether oxygens (including phenoxy) is 1. The lowest BCUT2D eigenvalue weighted by atomic mass is 10.2. The lowest BCUT2D eigenvalue weighted by molar-refractivity contribution is -0.113. The van der Waals surface area contributed by atoms with Gasteiger partial charge in [0.05, 0.1) is 12.4 Å². The van der Waals surface area contributed by atoms with Crippen molar-refractivity contribution in [3.8, 4) is 17.2 Å². The van der Waals surface area contributed by atoms with Gasteiger partial charge in [0.15, 0.2) is 0 Å². The highest BCUT2D eigenvalue weighted by atomic mass is 32.2. The summed E-state index contributed by atoms with van der Waals surface area (Å²) in [6, 6.07) is 11.5. The topological polar surface area (TPSA) is 77.2 Å². The number of anilines is 1. The number of hydrogen-bond donors (Lipinski definition) is 1. The number of carbonyl (C=O) groups excluding carboxylic acids is 1. The highest BCUT2D eigenvalue weighted by Gasteiger charge is 2.12. The Balaban J connectivity index is 1.56. The lowest BCUT2D eigenvalue weighted by Crippen LogP contribution is -2.14. The Morgan fingerprint density at radius 2 is 2.00 bits per heavy atom. The van der Waals surface area contributed by atoms with Crippen molar-refractivity contribution in [3.63, 3.8) is 0 Å². The number of benzene rings is 2. The first kappa shape index (κ1) is 18.9. The highest BCUT2D eigenvalue weighted by molar-refractivity contribution is 7.99. The summed E-state index contributed by atoms with van der Waals surface area (Å²) in [6.07, 6.45) is 0. The monoisotopic (exact) mass is 387 g/mol. The van der Waals surface area contributed by atoms with E-state index in [1.165, 1.54) is 18.2 Å². The second kappa shape index (κ2) is 8.68. The molecule has 0 bridgehead atoms. The van der Waals surface area contributed by atoms with E-state index in [9.17, 15) is 9.18 Å². The number of carbonyl (C=O) groups is 1. The second-order valence-corrected chi connectivity index (χ2v) is 6.55. The van der Waals surface area contributed by atoms with E-state index in [1.54, 1.807) is 6.92 Å². The largest absolute Gasteiger partial charge is 0.494 e. The fraction of sp³-hybridized carbons (Fsp3) is 0.211. The third-order valence-electron chi connectivity index (χ3n) is 3.61. The molecule has 0 saturated carbocycles. The molecule has 1 aromatic heterocycles. The van der Waals surface area contributed by atoms with Crippen molar-refractivity contribution >= 4 is 23.4 Å². The van der Waals surface area contributed by atoms with Crippen LogP contribution < -0.4 is 10.1 Å². The smallest absolute Gasteiger partial charge is 0.277 e. The normalized spacial score (nSPS) is 10.6. The number of aromatic nitrogens is 2. The maximum absolute atomic E-state index is 13.1. The minimum Gasteiger partial charge on any atom is -0.494 e. The van der Waals surface area contributed by atoms with Gasteiger partial charge < -0.3 is 14.5 Å². The third kappa shape index (κ3) is 5.07. The van der Waals surface area contributed by atoms with E-state index in [-0.39, 0.29) is 17.5 Å². The predicted molar refractivity (Wildman–Crippen MR) is 101 cm³/mol. The molecule has 0 unspecified atom stereocenters. The number of halogens is 1. The molecule has 8 heteroatoms. The number of hydrogen-bond acceptors (Lipinski definition) is 6. The molecule has 1 N–H and O–H groups in total. The lowest BCUT2D eigenvalue weighted by Gasteiger charge is -2.07. The zero-order valence-electron chi connectivity index (χ0n) is 14.9. The first-order chi connectivity index (χ1) is 13.0. The molecule has 0 atom stereocenters. The van der Waals surface area contributed by atoms with Gasteiger partial charge in [0.2, 0.25) is 11.8 Å². The Morgan fingerprint density at radius 3 is 2.70 bits per heavy atom. The van der Waals surface area contributed by atoms with Crippen molar-refractivity contribution in [2.24, 2.45) is 0 Å². The van der Waals surface area contributed by atoms with Crippen LogP contribution in [0.2, 0.25) is 0 Å². The number of nitrogens with one attached hydrogen (secondary N) is 1. The molecule has 0 aliphatic carbocycles. The van der Waals surface area contributed by atoms with Gasteiger partial charge in [-0.2, -0.15) is 0 Å². The Bertz CT molecular complexity index is 928. The summed E-state index contributed by atoms with van der Waals surface area (Å²) in [5.74, 6) is 0.656. The molecule has 0 aliphatic rings. The summed E-state index contributed by atoms with van der Waals surface area (Å²) in [6.45, 7) is 4.25. The maximum atomic E-state index is 13.1. The molecule has 3 rings (SSSR count). The van der Waals surface area contributed by atoms with Gasteiger partial charge in [-0.3, -0.25) is 4.79 Å². The zero-order valence-corrected chi connectivity index (χ0v) is 15.7. The first-order valence-electron chi connectivity index (χ1n) is 8.30. The van der Waals surface area contributed by atoms with Crippen molar-refractivity contribution in [3.05, 3.63) is 53.8 Å². The number of nitrogens with zero attached hydrogens (tertiary/aromatic N) is 2. The van der Waals surface area contributed by atoms with E-state index in [0.29, 0.717) is 29.0 Å². The van der Waals surface area contributed by atoms with E-state index >= 15 is 0 Å². The minimum absolute atomic E-state index is 0.0989. The van der Waals surface area contributed by atoms with Crippen LogP contribution in [0.3, 0.4) is 0 Å². The zero-order chi connectivity index (χ0) is 19.2.